The van der Waals surface area contributed by atoms with Crippen LogP contribution >= 0.6 is 0 Å². The van der Waals surface area contributed by atoms with Gasteiger partial charge in [-0.3, -0.25) is 14.4 Å². The molecule has 0 unspecified atom stereocenters. The van der Waals surface area contributed by atoms with Gasteiger partial charge in [-0.05, 0) is 34.7 Å². The number of carbonyl (C=O) groups excluding carboxylic acids is 1. The van der Waals surface area contributed by atoms with Crippen molar-refractivity contribution >= 4 is 44.3 Å². The Morgan fingerprint density at radius 2 is 1.70 bits per heavy atom. The van der Waals surface area contributed by atoms with Gasteiger partial charge in [-0.1, -0.05) is 39.0 Å². The molecule has 1 aliphatic heterocycles. The summed E-state index contributed by atoms with van der Waals surface area (Å²) >= 11 is 0. The van der Waals surface area contributed by atoms with Crippen molar-refractivity contribution in [3.8, 4) is 5.75 Å². The lowest BCUT2D eigenvalue weighted by Crippen LogP contribution is -2.47. The van der Waals surface area contributed by atoms with Gasteiger partial charge in [0.1, 0.15) is 5.69 Å². The quantitative estimate of drug-likeness (QED) is 0.392. The second-order valence-corrected chi connectivity index (χ2v) is 12.9. The van der Waals surface area contributed by atoms with Crippen LogP contribution in [-0.4, -0.2) is 79.4 Å². The molecule has 0 bridgehead atoms. The number of para-hydroxylation sites is 1. The molecule has 1 aliphatic rings. The van der Waals surface area contributed by atoms with E-state index in [2.05, 4.69) is 14.9 Å². The van der Waals surface area contributed by atoms with Crippen molar-refractivity contribution in [3.63, 3.8) is 0 Å². The molecule has 4 rings (SSSR count). The van der Waals surface area contributed by atoms with Crippen molar-refractivity contribution in [3.05, 3.63) is 53.2 Å². The predicted molar refractivity (Wildman–Crippen MR) is 156 cm³/mol. The van der Waals surface area contributed by atoms with Crippen molar-refractivity contribution in [2.75, 3.05) is 49.6 Å². The van der Waals surface area contributed by atoms with Crippen LogP contribution in [0.1, 0.15) is 42.4 Å². The number of benzene rings is 2. The average Bonchev–Trinajstić information content (AvgIpc) is 3.20. The zero-order valence-corrected chi connectivity index (χ0v) is 24.6. The molecule has 3 aromatic rings. The minimum atomic E-state index is -3.60. The lowest BCUT2D eigenvalue weighted by Gasteiger charge is -2.33. The van der Waals surface area contributed by atoms with Crippen LogP contribution in [0, 0.1) is 0 Å². The number of aryl methyl sites for hydroxylation is 1. The molecule has 0 atom stereocenters. The zero-order valence-electron chi connectivity index (χ0n) is 23.7. The molecule has 40 heavy (non-hydrogen) atoms. The Kier molecular flexibility index (Phi) is 8.04. The van der Waals surface area contributed by atoms with Crippen LogP contribution in [0.4, 0.5) is 16.2 Å². The molecule has 0 aliphatic carbocycles. The summed E-state index contributed by atoms with van der Waals surface area (Å²) in [6.07, 6.45) is 0.164. The average molecular weight is 572 g/mol. The fourth-order valence-corrected chi connectivity index (χ4v) is 5.57. The first-order valence-corrected chi connectivity index (χ1v) is 14.9. The van der Waals surface area contributed by atoms with E-state index >= 15 is 0 Å². The topological polar surface area (TPSA) is 133 Å². The Hall–Kier alpha value is -3.77. The largest absolute Gasteiger partial charge is 0.492 e. The van der Waals surface area contributed by atoms with E-state index in [0.717, 1.165) is 28.3 Å². The molecule has 1 saturated heterocycles. The Balaban J connectivity index is 1.66. The van der Waals surface area contributed by atoms with Gasteiger partial charge in [-0.15, -0.1) is 0 Å². The normalized spacial score (nSPS) is 14.8. The summed E-state index contributed by atoms with van der Waals surface area (Å²) in [4.78, 5) is 28.5. The fourth-order valence-electron chi connectivity index (χ4n) is 5.02. The first-order chi connectivity index (χ1) is 18.7. The maximum atomic E-state index is 13.6. The Morgan fingerprint density at radius 1 is 1.05 bits per heavy atom. The Bertz CT molecular complexity index is 1550. The molecule has 2 amide bonds. The van der Waals surface area contributed by atoms with Crippen molar-refractivity contribution in [1.29, 1.82) is 0 Å². The molecular formula is C28H37N5O6S. The minimum absolute atomic E-state index is 0.215. The highest BCUT2D eigenvalue weighted by atomic mass is 32.2. The molecule has 1 fully saturated rings. The fraction of sp³-hybridized carbons (Fsp3) is 0.429. The SMILES string of the molecule is COc1c(NC(=O)c2cc3cccc(CN4CCN(C(=O)O)CC4)c3n2C)cc(C(C)(C)C)cc1NS(C)(=O)=O. The smallest absolute Gasteiger partial charge is 0.407 e. The molecule has 0 saturated carbocycles. The summed E-state index contributed by atoms with van der Waals surface area (Å²) in [7, 11) is -0.339. The maximum Gasteiger partial charge on any atom is 0.407 e. The summed E-state index contributed by atoms with van der Waals surface area (Å²) in [6.45, 7) is 8.80. The van der Waals surface area contributed by atoms with E-state index in [-0.39, 0.29) is 22.8 Å². The van der Waals surface area contributed by atoms with Crippen LogP contribution < -0.4 is 14.8 Å². The van der Waals surface area contributed by atoms with Gasteiger partial charge in [-0.25, -0.2) is 13.2 Å². The number of hydrogen-bond acceptors (Lipinski definition) is 6. The molecule has 216 valence electrons. The number of carbonyl (C=O) groups is 2. The number of carboxylic acid groups (broad SMARTS) is 1. The number of rotatable bonds is 7. The summed E-state index contributed by atoms with van der Waals surface area (Å²) in [6, 6.07) is 11.3. The van der Waals surface area contributed by atoms with Gasteiger partial charge < -0.3 is 24.6 Å². The lowest BCUT2D eigenvalue weighted by atomic mass is 9.86. The number of nitrogens with one attached hydrogen (secondary N) is 2. The molecular weight excluding hydrogens is 534 g/mol. The number of hydrogen-bond donors (Lipinski definition) is 3. The number of ether oxygens (including phenoxy) is 1. The van der Waals surface area contributed by atoms with Crippen LogP contribution in [-0.2, 0) is 29.0 Å². The third-order valence-corrected chi connectivity index (χ3v) is 7.70. The van der Waals surface area contributed by atoms with Crippen LogP contribution in [0.25, 0.3) is 10.9 Å². The van der Waals surface area contributed by atoms with E-state index in [1.165, 1.54) is 12.0 Å². The van der Waals surface area contributed by atoms with E-state index in [9.17, 15) is 23.1 Å². The van der Waals surface area contributed by atoms with E-state index in [0.29, 0.717) is 44.1 Å². The Morgan fingerprint density at radius 3 is 2.27 bits per heavy atom. The van der Waals surface area contributed by atoms with E-state index in [1.807, 2.05) is 56.7 Å². The molecule has 2 aromatic carbocycles. The van der Waals surface area contributed by atoms with Crippen LogP contribution in [0.2, 0.25) is 0 Å². The van der Waals surface area contributed by atoms with Gasteiger partial charge >= 0.3 is 6.09 Å². The van der Waals surface area contributed by atoms with Crippen molar-refractivity contribution < 1.29 is 27.9 Å². The monoisotopic (exact) mass is 571 g/mol. The van der Waals surface area contributed by atoms with Crippen molar-refractivity contribution in [2.45, 2.75) is 32.7 Å². The first kappa shape index (κ1) is 29.2. The number of anilines is 2. The number of sulfonamides is 1. The highest BCUT2D eigenvalue weighted by Gasteiger charge is 2.25. The van der Waals surface area contributed by atoms with Gasteiger partial charge in [0.15, 0.2) is 5.75 Å². The number of amides is 2. The van der Waals surface area contributed by atoms with E-state index in [1.54, 1.807) is 12.1 Å². The number of aromatic nitrogens is 1. The van der Waals surface area contributed by atoms with Gasteiger partial charge in [-0.2, -0.15) is 0 Å². The van der Waals surface area contributed by atoms with Crippen molar-refractivity contribution in [2.24, 2.45) is 7.05 Å². The molecule has 2 heterocycles. The zero-order chi connectivity index (χ0) is 29.4. The van der Waals surface area contributed by atoms with Crippen LogP contribution in [0.3, 0.4) is 0 Å². The second-order valence-electron chi connectivity index (χ2n) is 11.2. The lowest BCUT2D eigenvalue weighted by molar-refractivity contribution is 0.101. The molecule has 0 spiro atoms. The highest BCUT2D eigenvalue weighted by molar-refractivity contribution is 7.92. The molecule has 11 nitrogen and oxygen atoms in total. The third-order valence-electron chi connectivity index (χ3n) is 7.11. The molecule has 0 radical (unpaired) electrons. The summed E-state index contributed by atoms with van der Waals surface area (Å²) in [5, 5.41) is 13.1. The van der Waals surface area contributed by atoms with Gasteiger partial charge in [0, 0.05) is 45.2 Å². The van der Waals surface area contributed by atoms with Gasteiger partial charge in [0.05, 0.1) is 30.3 Å². The summed E-state index contributed by atoms with van der Waals surface area (Å²) in [5.41, 5.74) is 3.47. The first-order valence-electron chi connectivity index (χ1n) is 13.0. The van der Waals surface area contributed by atoms with Crippen LogP contribution in [0.5, 0.6) is 5.75 Å². The van der Waals surface area contributed by atoms with Crippen molar-refractivity contribution in [1.82, 2.24) is 14.4 Å². The molecule has 1 aromatic heterocycles. The third kappa shape index (κ3) is 6.34. The summed E-state index contributed by atoms with van der Waals surface area (Å²) < 4.78 is 34.0. The maximum absolute atomic E-state index is 13.6. The van der Waals surface area contributed by atoms with E-state index < -0.39 is 16.1 Å². The van der Waals surface area contributed by atoms with Crippen LogP contribution in [0.15, 0.2) is 36.4 Å². The molecule has 3 N–H and O–H groups in total. The number of piperazine rings is 1. The number of fused-ring (bicyclic) bond motifs is 1. The highest BCUT2D eigenvalue weighted by Crippen LogP contribution is 2.39. The molecule has 12 heteroatoms. The summed E-state index contributed by atoms with van der Waals surface area (Å²) in [5.74, 6) is -0.152. The second kappa shape index (κ2) is 11.0. The van der Waals surface area contributed by atoms with E-state index in [4.69, 9.17) is 4.74 Å². The predicted octanol–water partition coefficient (Wildman–Crippen LogP) is 3.90. The standard InChI is InChI=1S/C28H37N5O6S/c1-28(2,3)20-15-21(25(39-5)22(16-20)30-40(6,37)38)29-26(34)23-14-18-8-7-9-19(24(18)31(23)4)17-32-10-12-33(13-11-32)27(35)36/h7-9,14-16,30H,10-13,17H2,1-6H3,(H,29,34)(H,35,36). The number of nitrogens with zero attached hydrogens (tertiary/aromatic N) is 3. The van der Waals surface area contributed by atoms with Gasteiger partial charge in [0.25, 0.3) is 5.91 Å². The minimum Gasteiger partial charge on any atom is -0.492 e. The number of methoxy groups -OCH3 is 1. The Labute approximate surface area is 234 Å². The van der Waals surface area contributed by atoms with Gasteiger partial charge in [0.2, 0.25) is 10.0 Å².